The van der Waals surface area contributed by atoms with Crippen molar-refractivity contribution in [2.24, 2.45) is 0 Å². The summed E-state index contributed by atoms with van der Waals surface area (Å²) in [7, 11) is 0. The predicted molar refractivity (Wildman–Crippen MR) is 71.9 cm³/mol. The SMILES string of the molecule is Cc1cc(C)cc(C(=O)Nc2n[nH]c(C)c2C)c1. The zero-order chi connectivity index (χ0) is 13.3. The Hall–Kier alpha value is -2.10. The number of anilines is 1. The number of aromatic nitrogens is 2. The van der Waals surface area contributed by atoms with Gasteiger partial charge in [0, 0.05) is 16.8 Å². The second-order valence-electron chi connectivity index (χ2n) is 4.65. The van der Waals surface area contributed by atoms with Crippen LogP contribution in [0.1, 0.15) is 32.7 Å². The standard InChI is InChI=1S/C14H17N3O/c1-8-5-9(2)7-12(6-8)14(18)15-13-10(3)11(4)16-17-13/h5-7H,1-4H3,(H2,15,16,17,18). The Morgan fingerprint density at radius 2 is 1.72 bits per heavy atom. The Balaban J connectivity index is 2.24. The molecule has 0 saturated heterocycles. The van der Waals surface area contributed by atoms with Crippen molar-refractivity contribution in [1.82, 2.24) is 10.2 Å². The molecule has 1 amide bonds. The van der Waals surface area contributed by atoms with Gasteiger partial charge in [0.05, 0.1) is 0 Å². The van der Waals surface area contributed by atoms with Crippen LogP contribution < -0.4 is 5.32 Å². The van der Waals surface area contributed by atoms with Gasteiger partial charge < -0.3 is 5.32 Å². The highest BCUT2D eigenvalue weighted by Crippen LogP contribution is 2.16. The molecule has 1 heterocycles. The normalized spacial score (nSPS) is 10.4. The van der Waals surface area contributed by atoms with Gasteiger partial charge >= 0.3 is 0 Å². The summed E-state index contributed by atoms with van der Waals surface area (Å²) in [6.45, 7) is 7.81. The van der Waals surface area contributed by atoms with E-state index in [1.165, 1.54) is 0 Å². The number of aromatic amines is 1. The number of benzene rings is 1. The molecule has 4 nitrogen and oxygen atoms in total. The van der Waals surface area contributed by atoms with Crippen molar-refractivity contribution >= 4 is 11.7 Å². The maximum Gasteiger partial charge on any atom is 0.256 e. The highest BCUT2D eigenvalue weighted by Gasteiger charge is 2.11. The molecule has 0 atom stereocenters. The molecule has 4 heteroatoms. The van der Waals surface area contributed by atoms with E-state index in [1.807, 2.05) is 45.9 Å². The zero-order valence-electron chi connectivity index (χ0n) is 11.1. The molecule has 2 aromatic rings. The molecule has 1 aromatic carbocycles. The summed E-state index contributed by atoms with van der Waals surface area (Å²) in [6, 6.07) is 5.79. The fourth-order valence-corrected chi connectivity index (χ4v) is 1.89. The van der Waals surface area contributed by atoms with Crippen molar-refractivity contribution in [1.29, 1.82) is 0 Å². The van der Waals surface area contributed by atoms with Crippen LogP contribution in [0.25, 0.3) is 0 Å². The Morgan fingerprint density at radius 1 is 1.11 bits per heavy atom. The number of nitrogens with one attached hydrogen (secondary N) is 2. The second-order valence-corrected chi connectivity index (χ2v) is 4.65. The number of amides is 1. The average molecular weight is 243 g/mol. The molecular formula is C14H17N3O. The first-order chi connectivity index (χ1) is 8.47. The van der Waals surface area contributed by atoms with Crippen molar-refractivity contribution in [3.63, 3.8) is 0 Å². The Morgan fingerprint density at radius 3 is 2.22 bits per heavy atom. The largest absolute Gasteiger partial charge is 0.305 e. The van der Waals surface area contributed by atoms with Crippen molar-refractivity contribution in [3.05, 3.63) is 46.1 Å². The van der Waals surface area contributed by atoms with Gasteiger partial charge in [-0.3, -0.25) is 9.89 Å². The van der Waals surface area contributed by atoms with Gasteiger partial charge in [-0.25, -0.2) is 0 Å². The van der Waals surface area contributed by atoms with Gasteiger partial charge in [0.15, 0.2) is 5.82 Å². The summed E-state index contributed by atoms with van der Waals surface area (Å²) in [6.07, 6.45) is 0. The third-order valence-corrected chi connectivity index (χ3v) is 2.97. The summed E-state index contributed by atoms with van der Waals surface area (Å²) >= 11 is 0. The lowest BCUT2D eigenvalue weighted by Gasteiger charge is -2.05. The fraction of sp³-hybridized carbons (Fsp3) is 0.286. The van der Waals surface area contributed by atoms with E-state index in [9.17, 15) is 4.79 Å². The summed E-state index contributed by atoms with van der Waals surface area (Å²) in [4.78, 5) is 12.1. The van der Waals surface area contributed by atoms with Gasteiger partial charge in [-0.15, -0.1) is 0 Å². The van der Waals surface area contributed by atoms with E-state index < -0.39 is 0 Å². The average Bonchev–Trinajstić information content (AvgIpc) is 2.59. The molecule has 0 fully saturated rings. The minimum absolute atomic E-state index is 0.128. The van der Waals surface area contributed by atoms with Crippen molar-refractivity contribution in [3.8, 4) is 0 Å². The number of hydrogen-bond acceptors (Lipinski definition) is 2. The molecule has 1 aromatic heterocycles. The van der Waals surface area contributed by atoms with Gasteiger partial charge in [-0.2, -0.15) is 5.10 Å². The van der Waals surface area contributed by atoms with Crippen LogP contribution in [0.15, 0.2) is 18.2 Å². The number of hydrogen-bond donors (Lipinski definition) is 2. The highest BCUT2D eigenvalue weighted by atomic mass is 16.1. The van der Waals surface area contributed by atoms with Gasteiger partial charge in [0.1, 0.15) is 0 Å². The fourth-order valence-electron chi connectivity index (χ4n) is 1.89. The number of H-pyrrole nitrogens is 1. The van der Waals surface area contributed by atoms with Crippen molar-refractivity contribution < 1.29 is 4.79 Å². The zero-order valence-corrected chi connectivity index (χ0v) is 11.1. The van der Waals surface area contributed by atoms with E-state index in [0.29, 0.717) is 11.4 Å². The number of rotatable bonds is 2. The third kappa shape index (κ3) is 2.42. The predicted octanol–water partition coefficient (Wildman–Crippen LogP) is 2.90. The first kappa shape index (κ1) is 12.4. The molecule has 0 unspecified atom stereocenters. The van der Waals surface area contributed by atoms with Crippen LogP contribution in [-0.4, -0.2) is 16.1 Å². The molecule has 0 radical (unpaired) electrons. The van der Waals surface area contributed by atoms with Crippen LogP contribution >= 0.6 is 0 Å². The van der Waals surface area contributed by atoms with Crippen LogP contribution in [0.3, 0.4) is 0 Å². The van der Waals surface area contributed by atoms with Gasteiger partial charge in [-0.1, -0.05) is 17.2 Å². The smallest absolute Gasteiger partial charge is 0.256 e. The molecule has 94 valence electrons. The molecule has 0 aliphatic rings. The van der Waals surface area contributed by atoms with Crippen LogP contribution in [-0.2, 0) is 0 Å². The number of aryl methyl sites for hydroxylation is 3. The van der Waals surface area contributed by atoms with E-state index >= 15 is 0 Å². The first-order valence-electron chi connectivity index (χ1n) is 5.88. The third-order valence-electron chi connectivity index (χ3n) is 2.97. The molecule has 0 aliphatic carbocycles. The molecule has 0 saturated carbocycles. The number of carbonyl (C=O) groups excluding carboxylic acids is 1. The van der Waals surface area contributed by atoms with Crippen molar-refractivity contribution in [2.45, 2.75) is 27.7 Å². The molecule has 18 heavy (non-hydrogen) atoms. The maximum atomic E-state index is 12.1. The lowest BCUT2D eigenvalue weighted by atomic mass is 10.1. The van der Waals surface area contributed by atoms with Gasteiger partial charge in [-0.05, 0) is 39.8 Å². The van der Waals surface area contributed by atoms with E-state index in [4.69, 9.17) is 0 Å². The number of nitrogens with zero attached hydrogens (tertiary/aromatic N) is 1. The maximum absolute atomic E-state index is 12.1. The number of carbonyl (C=O) groups is 1. The van der Waals surface area contributed by atoms with Crippen LogP contribution in [0.4, 0.5) is 5.82 Å². The summed E-state index contributed by atoms with van der Waals surface area (Å²) in [5.41, 5.74) is 4.75. The summed E-state index contributed by atoms with van der Waals surface area (Å²) in [5, 5.41) is 9.74. The lowest BCUT2D eigenvalue weighted by molar-refractivity contribution is 0.102. The van der Waals surface area contributed by atoms with Crippen LogP contribution in [0.2, 0.25) is 0 Å². The minimum atomic E-state index is -0.128. The quantitative estimate of drug-likeness (QED) is 0.852. The monoisotopic (exact) mass is 243 g/mol. The van der Waals surface area contributed by atoms with Crippen molar-refractivity contribution in [2.75, 3.05) is 5.32 Å². The van der Waals surface area contributed by atoms with Gasteiger partial charge in [0.25, 0.3) is 5.91 Å². The molecule has 0 spiro atoms. The first-order valence-corrected chi connectivity index (χ1v) is 5.88. The Kier molecular flexibility index (Phi) is 3.19. The summed E-state index contributed by atoms with van der Waals surface area (Å²) in [5.74, 6) is 0.466. The van der Waals surface area contributed by atoms with Crippen LogP contribution in [0.5, 0.6) is 0 Å². The molecule has 2 N–H and O–H groups in total. The lowest BCUT2D eigenvalue weighted by Crippen LogP contribution is -2.13. The van der Waals surface area contributed by atoms with Gasteiger partial charge in [0.2, 0.25) is 0 Å². The van der Waals surface area contributed by atoms with E-state index in [0.717, 1.165) is 22.4 Å². The molecular weight excluding hydrogens is 226 g/mol. The molecule has 2 rings (SSSR count). The highest BCUT2D eigenvalue weighted by molar-refractivity contribution is 6.04. The second kappa shape index (κ2) is 4.64. The Labute approximate surface area is 106 Å². The minimum Gasteiger partial charge on any atom is -0.305 e. The Bertz CT molecular complexity index is 579. The van der Waals surface area contributed by atoms with E-state index in [1.54, 1.807) is 0 Å². The summed E-state index contributed by atoms with van der Waals surface area (Å²) < 4.78 is 0. The molecule has 0 bridgehead atoms. The molecule has 0 aliphatic heterocycles. The van der Waals surface area contributed by atoms with E-state index in [2.05, 4.69) is 15.5 Å². The van der Waals surface area contributed by atoms with E-state index in [-0.39, 0.29) is 5.91 Å². The topological polar surface area (TPSA) is 57.8 Å². The van der Waals surface area contributed by atoms with Crippen LogP contribution in [0, 0.1) is 27.7 Å².